The minimum Gasteiger partial charge on any atom is -0.375 e. The van der Waals surface area contributed by atoms with Crippen molar-refractivity contribution in [3.05, 3.63) is 102 Å². The standard InChI is InChI=1S/C26H24N4O3/c1-33-18-24(31)28-21-12-8-9-19(15-21)16-27-26(32)23-17-30(22-13-6-3-7-14-22)29-25(23)20-10-4-2-5-11-20/h2-15,17H,16,18H2,1H3,(H,27,32)(H,28,31). The lowest BCUT2D eigenvalue weighted by Gasteiger charge is -2.09. The molecule has 0 aliphatic heterocycles. The van der Waals surface area contributed by atoms with Crippen molar-refractivity contribution < 1.29 is 14.3 Å². The number of carbonyl (C=O) groups is 2. The average Bonchev–Trinajstić information content (AvgIpc) is 3.30. The van der Waals surface area contributed by atoms with Gasteiger partial charge in [-0.15, -0.1) is 0 Å². The number of nitrogens with one attached hydrogen (secondary N) is 2. The summed E-state index contributed by atoms with van der Waals surface area (Å²) in [4.78, 5) is 24.9. The van der Waals surface area contributed by atoms with Crippen LogP contribution in [0.4, 0.5) is 5.69 Å². The zero-order valence-corrected chi connectivity index (χ0v) is 18.2. The van der Waals surface area contributed by atoms with E-state index in [4.69, 9.17) is 4.74 Å². The lowest BCUT2D eigenvalue weighted by molar-refractivity contribution is -0.119. The lowest BCUT2D eigenvalue weighted by Crippen LogP contribution is -2.23. The van der Waals surface area contributed by atoms with E-state index in [-0.39, 0.29) is 18.4 Å². The van der Waals surface area contributed by atoms with E-state index < -0.39 is 0 Å². The number of hydrogen-bond donors (Lipinski definition) is 2. The van der Waals surface area contributed by atoms with Gasteiger partial charge in [-0.05, 0) is 29.8 Å². The Bertz CT molecular complexity index is 1240. The summed E-state index contributed by atoms with van der Waals surface area (Å²) >= 11 is 0. The second-order valence-electron chi connectivity index (χ2n) is 7.40. The van der Waals surface area contributed by atoms with Crippen molar-refractivity contribution in [2.75, 3.05) is 19.0 Å². The zero-order valence-electron chi connectivity index (χ0n) is 18.2. The number of rotatable bonds is 8. The predicted molar refractivity (Wildman–Crippen MR) is 127 cm³/mol. The fourth-order valence-corrected chi connectivity index (χ4v) is 3.43. The minimum absolute atomic E-state index is 0.0192. The van der Waals surface area contributed by atoms with Gasteiger partial charge < -0.3 is 15.4 Å². The maximum atomic E-state index is 13.2. The van der Waals surface area contributed by atoms with Gasteiger partial charge in [-0.1, -0.05) is 60.7 Å². The van der Waals surface area contributed by atoms with E-state index in [9.17, 15) is 9.59 Å². The Morgan fingerprint density at radius 3 is 2.39 bits per heavy atom. The summed E-state index contributed by atoms with van der Waals surface area (Å²) in [5.41, 5.74) is 4.32. The maximum absolute atomic E-state index is 13.2. The summed E-state index contributed by atoms with van der Waals surface area (Å²) in [6.45, 7) is 0.284. The Kier molecular flexibility index (Phi) is 6.92. The summed E-state index contributed by atoms with van der Waals surface area (Å²) in [6, 6.07) is 26.6. The van der Waals surface area contributed by atoms with E-state index in [2.05, 4.69) is 15.7 Å². The van der Waals surface area contributed by atoms with E-state index >= 15 is 0 Å². The van der Waals surface area contributed by atoms with E-state index in [0.717, 1.165) is 16.8 Å². The maximum Gasteiger partial charge on any atom is 0.255 e. The van der Waals surface area contributed by atoms with Gasteiger partial charge in [0.15, 0.2) is 0 Å². The third-order valence-corrected chi connectivity index (χ3v) is 4.97. The Morgan fingerprint density at radius 2 is 1.67 bits per heavy atom. The molecular weight excluding hydrogens is 416 g/mol. The fraction of sp³-hybridized carbons (Fsp3) is 0.115. The molecule has 7 nitrogen and oxygen atoms in total. The fourth-order valence-electron chi connectivity index (χ4n) is 3.43. The topological polar surface area (TPSA) is 85.3 Å². The van der Waals surface area contributed by atoms with Crippen LogP contribution in [0.1, 0.15) is 15.9 Å². The summed E-state index contributed by atoms with van der Waals surface area (Å²) in [7, 11) is 1.47. The minimum atomic E-state index is -0.237. The highest BCUT2D eigenvalue weighted by molar-refractivity contribution is 6.00. The van der Waals surface area contributed by atoms with Crippen molar-refractivity contribution in [3.63, 3.8) is 0 Å². The van der Waals surface area contributed by atoms with E-state index in [0.29, 0.717) is 23.5 Å². The van der Waals surface area contributed by atoms with Crippen LogP contribution in [0.5, 0.6) is 0 Å². The summed E-state index contributed by atoms with van der Waals surface area (Å²) in [5, 5.41) is 10.4. The molecule has 1 heterocycles. The molecule has 0 spiro atoms. The third kappa shape index (κ3) is 5.53. The molecule has 2 amide bonds. The van der Waals surface area contributed by atoms with Gasteiger partial charge in [0.25, 0.3) is 5.91 Å². The van der Waals surface area contributed by atoms with E-state index in [1.54, 1.807) is 16.9 Å². The van der Waals surface area contributed by atoms with Gasteiger partial charge in [0.1, 0.15) is 12.3 Å². The van der Waals surface area contributed by atoms with Crippen LogP contribution in [0.3, 0.4) is 0 Å². The van der Waals surface area contributed by atoms with Crippen molar-refractivity contribution in [1.82, 2.24) is 15.1 Å². The van der Waals surface area contributed by atoms with Crippen molar-refractivity contribution in [3.8, 4) is 16.9 Å². The molecule has 0 bridgehead atoms. The van der Waals surface area contributed by atoms with Gasteiger partial charge >= 0.3 is 0 Å². The van der Waals surface area contributed by atoms with Crippen molar-refractivity contribution in [2.45, 2.75) is 6.54 Å². The van der Waals surface area contributed by atoms with Crippen LogP contribution in [0, 0.1) is 0 Å². The van der Waals surface area contributed by atoms with E-state index in [1.807, 2.05) is 78.9 Å². The normalized spacial score (nSPS) is 10.6. The van der Waals surface area contributed by atoms with Gasteiger partial charge in [-0.3, -0.25) is 9.59 Å². The Labute approximate surface area is 192 Å². The number of aromatic nitrogens is 2. The van der Waals surface area contributed by atoms with Gasteiger partial charge in [-0.25, -0.2) is 4.68 Å². The third-order valence-electron chi connectivity index (χ3n) is 4.97. The first kappa shape index (κ1) is 22.0. The highest BCUT2D eigenvalue weighted by atomic mass is 16.5. The number of amides is 2. The largest absolute Gasteiger partial charge is 0.375 e. The van der Waals surface area contributed by atoms with Crippen molar-refractivity contribution in [1.29, 1.82) is 0 Å². The number of carbonyl (C=O) groups excluding carboxylic acids is 2. The number of hydrogen-bond acceptors (Lipinski definition) is 4. The van der Waals surface area contributed by atoms with Crippen LogP contribution in [-0.2, 0) is 16.1 Å². The number of nitrogens with zero attached hydrogens (tertiary/aromatic N) is 2. The summed E-state index contributed by atoms with van der Waals surface area (Å²) in [6.07, 6.45) is 1.74. The van der Waals surface area contributed by atoms with Gasteiger partial charge in [0.05, 0.1) is 11.3 Å². The zero-order chi connectivity index (χ0) is 23.0. The molecule has 4 rings (SSSR count). The molecule has 0 unspecified atom stereocenters. The molecule has 7 heteroatoms. The number of benzene rings is 3. The first-order chi connectivity index (χ1) is 16.1. The van der Waals surface area contributed by atoms with Crippen LogP contribution in [-0.4, -0.2) is 35.3 Å². The van der Waals surface area contributed by atoms with Crippen LogP contribution in [0.15, 0.2) is 91.1 Å². The summed E-state index contributed by atoms with van der Waals surface area (Å²) in [5.74, 6) is -0.468. The molecule has 0 fully saturated rings. The SMILES string of the molecule is COCC(=O)Nc1cccc(CNC(=O)c2cn(-c3ccccc3)nc2-c2ccccc2)c1. The Morgan fingerprint density at radius 1 is 0.939 bits per heavy atom. The smallest absolute Gasteiger partial charge is 0.255 e. The van der Waals surface area contributed by atoms with Crippen molar-refractivity contribution in [2.24, 2.45) is 0 Å². The number of methoxy groups -OCH3 is 1. The molecule has 0 atom stereocenters. The molecule has 0 aliphatic carbocycles. The molecule has 2 N–H and O–H groups in total. The first-order valence-electron chi connectivity index (χ1n) is 10.5. The molecule has 3 aromatic carbocycles. The molecule has 33 heavy (non-hydrogen) atoms. The van der Waals surface area contributed by atoms with E-state index in [1.165, 1.54) is 7.11 Å². The van der Waals surface area contributed by atoms with Gasteiger partial charge in [0, 0.05) is 31.1 Å². The molecule has 0 aliphatic rings. The molecular formula is C26H24N4O3. The highest BCUT2D eigenvalue weighted by Crippen LogP contribution is 2.24. The number of ether oxygens (including phenoxy) is 1. The molecule has 4 aromatic rings. The second kappa shape index (κ2) is 10.4. The molecule has 0 saturated heterocycles. The molecule has 0 saturated carbocycles. The Hall–Kier alpha value is -4.23. The van der Waals surface area contributed by atoms with Crippen molar-refractivity contribution >= 4 is 17.5 Å². The van der Waals surface area contributed by atoms with Crippen LogP contribution >= 0.6 is 0 Å². The predicted octanol–water partition coefficient (Wildman–Crippen LogP) is 4.05. The van der Waals surface area contributed by atoms with Gasteiger partial charge in [0.2, 0.25) is 5.91 Å². The molecule has 0 radical (unpaired) electrons. The quantitative estimate of drug-likeness (QED) is 0.433. The average molecular weight is 441 g/mol. The molecule has 1 aromatic heterocycles. The van der Waals surface area contributed by atoms with Gasteiger partial charge in [-0.2, -0.15) is 5.10 Å². The summed E-state index contributed by atoms with van der Waals surface area (Å²) < 4.78 is 6.55. The van der Waals surface area contributed by atoms with Crippen LogP contribution in [0.25, 0.3) is 16.9 Å². The van der Waals surface area contributed by atoms with Crippen LogP contribution < -0.4 is 10.6 Å². The highest BCUT2D eigenvalue weighted by Gasteiger charge is 2.18. The first-order valence-corrected chi connectivity index (χ1v) is 10.5. The number of para-hydroxylation sites is 1. The monoisotopic (exact) mass is 440 g/mol. The van der Waals surface area contributed by atoms with Crippen LogP contribution in [0.2, 0.25) is 0 Å². The second-order valence-corrected chi connectivity index (χ2v) is 7.40. The lowest BCUT2D eigenvalue weighted by atomic mass is 10.1. The number of anilines is 1. The Balaban J connectivity index is 1.54. The molecule has 166 valence electrons.